The van der Waals surface area contributed by atoms with E-state index >= 15 is 0 Å². The molecule has 0 aliphatic carbocycles. The van der Waals surface area contributed by atoms with Crippen LogP contribution in [0.2, 0.25) is 5.02 Å². The summed E-state index contributed by atoms with van der Waals surface area (Å²) in [6.45, 7) is 0.930. The van der Waals surface area contributed by atoms with Crippen LogP contribution in [0.25, 0.3) is 5.65 Å². The predicted molar refractivity (Wildman–Crippen MR) is 93.6 cm³/mol. The number of hydrogen-bond acceptors (Lipinski definition) is 5. The largest absolute Gasteiger partial charge is 0.417 e. The van der Waals surface area contributed by atoms with Gasteiger partial charge in [0.25, 0.3) is 0 Å². The van der Waals surface area contributed by atoms with E-state index in [2.05, 4.69) is 15.5 Å². The van der Waals surface area contributed by atoms with Crippen LogP contribution in [0, 0.1) is 5.41 Å². The highest BCUT2D eigenvalue weighted by molar-refractivity contribution is 6.33. The monoisotopic (exact) mass is 427 g/mol. The smallest absolute Gasteiger partial charge is 0.381 e. The second-order valence-electron chi connectivity index (χ2n) is 6.16. The maximum atomic E-state index is 13.0. The summed E-state index contributed by atoms with van der Waals surface area (Å²) in [5.41, 5.74) is 4.19. The van der Waals surface area contributed by atoms with E-state index in [1.165, 1.54) is 0 Å². The van der Waals surface area contributed by atoms with Crippen LogP contribution in [0.15, 0.2) is 12.3 Å². The average molecular weight is 428 g/mol. The Balaban J connectivity index is 0.00000261. The number of amides is 1. The average Bonchev–Trinajstić information content (AvgIpc) is 3.03. The number of carbonyl (C=O) groups excluding carboxylic acids is 1. The van der Waals surface area contributed by atoms with Crippen LogP contribution in [-0.2, 0) is 22.3 Å². The number of pyridine rings is 1. The maximum Gasteiger partial charge on any atom is 0.417 e. The minimum absolute atomic E-state index is 0. The Morgan fingerprint density at radius 1 is 1.37 bits per heavy atom. The molecule has 0 unspecified atom stereocenters. The lowest BCUT2D eigenvalue weighted by Gasteiger charge is -2.34. The van der Waals surface area contributed by atoms with Gasteiger partial charge >= 0.3 is 6.18 Å². The molecule has 3 N–H and O–H groups in total. The Labute approximate surface area is 163 Å². The fourth-order valence-corrected chi connectivity index (χ4v) is 3.15. The molecule has 27 heavy (non-hydrogen) atoms. The first-order valence-corrected chi connectivity index (χ1v) is 8.31. The molecule has 12 heteroatoms. The number of carbonyl (C=O) groups is 1. The molecular weight excluding hydrogens is 410 g/mol. The Morgan fingerprint density at radius 3 is 2.63 bits per heavy atom. The summed E-state index contributed by atoms with van der Waals surface area (Å²) in [5, 5.41) is 10.1. The Morgan fingerprint density at radius 2 is 2.04 bits per heavy atom. The van der Waals surface area contributed by atoms with Crippen molar-refractivity contribution in [1.82, 2.24) is 19.9 Å². The molecule has 2 aromatic rings. The summed E-state index contributed by atoms with van der Waals surface area (Å²) < 4.78 is 45.3. The molecule has 2 aromatic heterocycles. The van der Waals surface area contributed by atoms with E-state index in [-0.39, 0.29) is 47.9 Å². The van der Waals surface area contributed by atoms with E-state index in [1.54, 1.807) is 0 Å². The van der Waals surface area contributed by atoms with Gasteiger partial charge in [-0.1, -0.05) is 11.6 Å². The molecule has 1 aliphatic rings. The van der Waals surface area contributed by atoms with Crippen molar-refractivity contribution in [2.24, 2.45) is 11.1 Å². The fraction of sp³-hybridized carbons (Fsp3) is 0.533. The van der Waals surface area contributed by atoms with Crippen molar-refractivity contribution >= 4 is 35.6 Å². The van der Waals surface area contributed by atoms with Crippen molar-refractivity contribution in [3.05, 3.63) is 28.7 Å². The molecule has 1 aliphatic heterocycles. The molecule has 3 heterocycles. The molecule has 0 radical (unpaired) electrons. The molecule has 0 atom stereocenters. The summed E-state index contributed by atoms with van der Waals surface area (Å²) in [5.74, 6) is -0.140. The number of nitrogens with two attached hydrogens (primary N) is 1. The van der Waals surface area contributed by atoms with Gasteiger partial charge in [-0.15, -0.1) is 22.6 Å². The second-order valence-corrected chi connectivity index (χ2v) is 6.57. The summed E-state index contributed by atoms with van der Waals surface area (Å²) in [7, 11) is 0. The number of aromatic nitrogens is 3. The number of ether oxygens (including phenoxy) is 1. The molecule has 0 aromatic carbocycles. The second kappa shape index (κ2) is 8.17. The number of rotatable bonds is 4. The van der Waals surface area contributed by atoms with Gasteiger partial charge in [0.15, 0.2) is 11.5 Å². The molecule has 1 fully saturated rings. The van der Waals surface area contributed by atoms with Crippen LogP contribution in [0.5, 0.6) is 0 Å². The normalized spacial score (nSPS) is 16.8. The molecule has 150 valence electrons. The van der Waals surface area contributed by atoms with E-state index in [0.717, 1.165) is 16.7 Å². The first kappa shape index (κ1) is 21.7. The first-order valence-electron chi connectivity index (χ1n) is 7.93. The van der Waals surface area contributed by atoms with E-state index in [0.29, 0.717) is 26.1 Å². The molecular formula is C15H18Cl2F3N5O2. The van der Waals surface area contributed by atoms with Crippen LogP contribution in [0.4, 0.5) is 13.2 Å². The topological polar surface area (TPSA) is 94.5 Å². The number of hydrogen-bond donors (Lipinski definition) is 2. The van der Waals surface area contributed by atoms with Crippen molar-refractivity contribution in [2.75, 3.05) is 19.8 Å². The standard InChI is InChI=1S/C15H17ClF3N5O2.ClH/c16-10-5-9(15(17,18)19)7-24-11(22-23-12(10)24)6-21-13(25)14(8-20)1-3-26-4-2-14;/h5,7H,1-4,6,8,20H2,(H,21,25);1H. The highest BCUT2D eigenvalue weighted by Crippen LogP contribution is 2.32. The summed E-state index contributed by atoms with van der Waals surface area (Å²) in [4.78, 5) is 12.6. The van der Waals surface area contributed by atoms with Gasteiger partial charge in [0.2, 0.25) is 5.91 Å². The zero-order valence-corrected chi connectivity index (χ0v) is 15.6. The third-order valence-electron chi connectivity index (χ3n) is 4.59. The van der Waals surface area contributed by atoms with Gasteiger partial charge in [-0.3, -0.25) is 9.20 Å². The van der Waals surface area contributed by atoms with Gasteiger partial charge in [0.1, 0.15) is 0 Å². The number of alkyl halides is 3. The lowest BCUT2D eigenvalue weighted by atomic mass is 9.79. The first-order chi connectivity index (χ1) is 12.3. The molecule has 1 amide bonds. The van der Waals surface area contributed by atoms with Crippen molar-refractivity contribution in [1.29, 1.82) is 0 Å². The Bertz CT molecular complexity index is 822. The van der Waals surface area contributed by atoms with Gasteiger partial charge in [-0.25, -0.2) is 0 Å². The Hall–Kier alpha value is -1.62. The highest BCUT2D eigenvalue weighted by atomic mass is 35.5. The number of nitrogens with one attached hydrogen (secondary N) is 1. The van der Waals surface area contributed by atoms with E-state index < -0.39 is 17.2 Å². The zero-order valence-electron chi connectivity index (χ0n) is 14.1. The molecule has 0 spiro atoms. The van der Waals surface area contributed by atoms with Gasteiger partial charge in [0.05, 0.1) is 22.5 Å². The van der Waals surface area contributed by atoms with Crippen LogP contribution >= 0.6 is 24.0 Å². The molecule has 7 nitrogen and oxygen atoms in total. The van der Waals surface area contributed by atoms with Crippen molar-refractivity contribution in [3.8, 4) is 0 Å². The summed E-state index contributed by atoms with van der Waals surface area (Å²) in [6, 6.07) is 0.791. The number of nitrogens with zero attached hydrogens (tertiary/aromatic N) is 3. The zero-order chi connectivity index (χ0) is 18.9. The van der Waals surface area contributed by atoms with Crippen molar-refractivity contribution in [3.63, 3.8) is 0 Å². The van der Waals surface area contributed by atoms with E-state index in [4.69, 9.17) is 22.1 Å². The predicted octanol–water partition coefficient (Wildman–Crippen LogP) is 2.20. The van der Waals surface area contributed by atoms with Gasteiger partial charge < -0.3 is 15.8 Å². The van der Waals surface area contributed by atoms with Crippen molar-refractivity contribution < 1.29 is 22.7 Å². The molecule has 3 rings (SSSR count). The minimum Gasteiger partial charge on any atom is -0.381 e. The quantitative estimate of drug-likeness (QED) is 0.779. The lowest BCUT2D eigenvalue weighted by molar-refractivity contribution is -0.138. The molecule has 0 saturated carbocycles. The lowest BCUT2D eigenvalue weighted by Crippen LogP contribution is -2.49. The maximum absolute atomic E-state index is 13.0. The number of fused-ring (bicyclic) bond motifs is 1. The van der Waals surface area contributed by atoms with Crippen molar-refractivity contribution in [2.45, 2.75) is 25.6 Å². The molecule has 1 saturated heterocycles. The van der Waals surface area contributed by atoms with Gasteiger partial charge in [0, 0.05) is 26.0 Å². The SMILES string of the molecule is Cl.NCC1(C(=O)NCc2nnc3c(Cl)cc(C(F)(F)F)cn23)CCOCC1. The highest BCUT2D eigenvalue weighted by Gasteiger charge is 2.38. The van der Waals surface area contributed by atoms with E-state index in [1.807, 2.05) is 0 Å². The van der Waals surface area contributed by atoms with E-state index in [9.17, 15) is 18.0 Å². The third kappa shape index (κ3) is 4.29. The van der Waals surface area contributed by atoms with Crippen LogP contribution in [0.1, 0.15) is 24.2 Å². The summed E-state index contributed by atoms with van der Waals surface area (Å²) >= 11 is 5.87. The van der Waals surface area contributed by atoms with Crippen LogP contribution in [0.3, 0.4) is 0 Å². The Kier molecular flexibility index (Phi) is 6.56. The van der Waals surface area contributed by atoms with Gasteiger partial charge in [-0.05, 0) is 18.9 Å². The molecule has 0 bridgehead atoms. The fourth-order valence-electron chi connectivity index (χ4n) is 2.91. The summed E-state index contributed by atoms with van der Waals surface area (Å²) in [6.07, 6.45) is -2.73. The van der Waals surface area contributed by atoms with Crippen LogP contribution in [-0.4, -0.2) is 40.3 Å². The number of halogens is 5. The minimum atomic E-state index is -4.56. The third-order valence-corrected chi connectivity index (χ3v) is 4.87. The van der Waals surface area contributed by atoms with Crippen LogP contribution < -0.4 is 11.1 Å². The van der Waals surface area contributed by atoms with Gasteiger partial charge in [-0.2, -0.15) is 13.2 Å².